The summed E-state index contributed by atoms with van der Waals surface area (Å²) in [6, 6.07) is 3.62. The van der Waals surface area contributed by atoms with Crippen LogP contribution in [0.1, 0.15) is 36.0 Å². The van der Waals surface area contributed by atoms with Gasteiger partial charge in [-0.1, -0.05) is 12.8 Å². The van der Waals surface area contributed by atoms with Gasteiger partial charge in [0.25, 0.3) is 5.91 Å². The van der Waals surface area contributed by atoms with E-state index in [1.807, 2.05) is 0 Å². The molecular weight excluding hydrogens is 285 g/mol. The molecule has 1 aliphatic heterocycles. The maximum absolute atomic E-state index is 12.3. The molecule has 1 fully saturated rings. The van der Waals surface area contributed by atoms with Crippen LogP contribution in [0.15, 0.2) is 18.2 Å². The number of hydrogen-bond acceptors (Lipinski definition) is 3. The number of benzene rings is 1. The van der Waals surface area contributed by atoms with Crippen LogP contribution in [0, 0.1) is 0 Å². The van der Waals surface area contributed by atoms with Crippen LogP contribution in [-0.2, 0) is 0 Å². The highest BCUT2D eigenvalue weighted by Crippen LogP contribution is 2.29. The summed E-state index contributed by atoms with van der Waals surface area (Å²) >= 11 is 0. The van der Waals surface area contributed by atoms with Crippen molar-refractivity contribution in [3.05, 3.63) is 23.8 Å². The van der Waals surface area contributed by atoms with Crippen LogP contribution in [0.3, 0.4) is 0 Å². The lowest BCUT2D eigenvalue weighted by Gasteiger charge is -2.21. The molecule has 0 bridgehead atoms. The van der Waals surface area contributed by atoms with E-state index in [9.17, 15) is 18.0 Å². The van der Waals surface area contributed by atoms with Gasteiger partial charge in [-0.25, -0.2) is 0 Å². The van der Waals surface area contributed by atoms with E-state index in [0.29, 0.717) is 13.1 Å². The molecule has 0 aromatic heterocycles. The number of anilines is 1. The molecule has 116 valence electrons. The SMILES string of the molecule is Nc1cc(C(=O)N2CCCCCC2)ccc1OC(F)(F)F. The number of halogens is 3. The first-order valence-corrected chi connectivity index (χ1v) is 6.81. The number of nitrogens with two attached hydrogens (primary N) is 1. The summed E-state index contributed by atoms with van der Waals surface area (Å²) in [4.78, 5) is 14.0. The second-order valence-corrected chi connectivity index (χ2v) is 5.01. The fourth-order valence-electron chi connectivity index (χ4n) is 2.36. The summed E-state index contributed by atoms with van der Waals surface area (Å²) in [5, 5.41) is 0. The molecule has 0 spiro atoms. The summed E-state index contributed by atoms with van der Waals surface area (Å²) in [6.07, 6.45) is -0.744. The smallest absolute Gasteiger partial charge is 0.404 e. The highest BCUT2D eigenvalue weighted by Gasteiger charge is 2.32. The number of nitrogens with zero attached hydrogens (tertiary/aromatic N) is 1. The lowest BCUT2D eigenvalue weighted by Crippen LogP contribution is -2.31. The predicted octanol–water partition coefficient (Wildman–Crippen LogP) is 3.18. The Balaban J connectivity index is 2.13. The minimum Gasteiger partial charge on any atom is -0.404 e. The maximum Gasteiger partial charge on any atom is 0.573 e. The zero-order valence-corrected chi connectivity index (χ0v) is 11.4. The summed E-state index contributed by atoms with van der Waals surface area (Å²) in [5.41, 5.74) is 5.61. The molecule has 0 aliphatic carbocycles. The fraction of sp³-hybridized carbons (Fsp3) is 0.500. The van der Waals surface area contributed by atoms with Crippen molar-refractivity contribution in [3.8, 4) is 5.75 Å². The van der Waals surface area contributed by atoms with Gasteiger partial charge in [-0.2, -0.15) is 0 Å². The van der Waals surface area contributed by atoms with E-state index in [2.05, 4.69) is 4.74 Å². The molecule has 1 saturated heterocycles. The van der Waals surface area contributed by atoms with Gasteiger partial charge in [-0.05, 0) is 31.0 Å². The number of amides is 1. The molecule has 1 amide bonds. The number of rotatable bonds is 2. The quantitative estimate of drug-likeness (QED) is 0.854. The van der Waals surface area contributed by atoms with Crippen molar-refractivity contribution in [2.45, 2.75) is 32.0 Å². The van der Waals surface area contributed by atoms with Gasteiger partial charge in [0, 0.05) is 18.7 Å². The molecule has 0 radical (unpaired) electrons. The van der Waals surface area contributed by atoms with Crippen molar-refractivity contribution >= 4 is 11.6 Å². The third kappa shape index (κ3) is 4.27. The minimum atomic E-state index is -4.80. The zero-order valence-electron chi connectivity index (χ0n) is 11.4. The second-order valence-electron chi connectivity index (χ2n) is 5.01. The van der Waals surface area contributed by atoms with Crippen molar-refractivity contribution in [1.29, 1.82) is 0 Å². The number of carbonyl (C=O) groups excluding carboxylic acids is 1. The first-order chi connectivity index (χ1) is 9.87. The average molecular weight is 302 g/mol. The monoisotopic (exact) mass is 302 g/mol. The van der Waals surface area contributed by atoms with Crippen LogP contribution in [-0.4, -0.2) is 30.3 Å². The Morgan fingerprint density at radius 2 is 1.76 bits per heavy atom. The summed E-state index contributed by atoms with van der Waals surface area (Å²) in [7, 11) is 0. The van der Waals surface area contributed by atoms with Crippen LogP contribution < -0.4 is 10.5 Å². The molecular formula is C14H17F3N2O2. The Bertz CT molecular complexity index is 509. The topological polar surface area (TPSA) is 55.6 Å². The highest BCUT2D eigenvalue weighted by atomic mass is 19.4. The van der Waals surface area contributed by atoms with Crippen LogP contribution in [0.4, 0.5) is 18.9 Å². The Labute approximate surface area is 120 Å². The van der Waals surface area contributed by atoms with Crippen LogP contribution in [0.2, 0.25) is 0 Å². The molecule has 7 heteroatoms. The number of likely N-dealkylation sites (tertiary alicyclic amines) is 1. The zero-order chi connectivity index (χ0) is 15.5. The standard InChI is InChI=1S/C14H17F3N2O2/c15-14(16,17)21-12-6-5-10(9-11(12)18)13(20)19-7-3-1-2-4-8-19/h5-6,9H,1-4,7-8,18H2. The number of nitrogen functional groups attached to an aromatic ring is 1. The molecule has 0 atom stereocenters. The molecule has 1 heterocycles. The largest absolute Gasteiger partial charge is 0.573 e. The minimum absolute atomic E-state index is 0.201. The van der Waals surface area contributed by atoms with Crippen LogP contribution >= 0.6 is 0 Å². The third-order valence-corrected chi connectivity index (χ3v) is 3.38. The average Bonchev–Trinajstić information content (AvgIpc) is 2.67. The number of hydrogen-bond donors (Lipinski definition) is 1. The van der Waals surface area contributed by atoms with E-state index in [1.54, 1.807) is 4.90 Å². The van der Waals surface area contributed by atoms with Gasteiger partial charge >= 0.3 is 6.36 Å². The van der Waals surface area contributed by atoms with Crippen LogP contribution in [0.25, 0.3) is 0 Å². The Morgan fingerprint density at radius 3 is 2.29 bits per heavy atom. The third-order valence-electron chi connectivity index (χ3n) is 3.38. The molecule has 1 aromatic carbocycles. The van der Waals surface area contributed by atoms with E-state index in [0.717, 1.165) is 31.7 Å². The van der Waals surface area contributed by atoms with Gasteiger partial charge in [0.2, 0.25) is 0 Å². The molecule has 1 aliphatic rings. The molecule has 0 saturated carbocycles. The number of ether oxygens (including phenoxy) is 1. The van der Waals surface area contributed by atoms with Gasteiger partial charge in [0.15, 0.2) is 5.75 Å². The summed E-state index contributed by atoms with van der Waals surface area (Å²) < 4.78 is 40.3. The van der Waals surface area contributed by atoms with E-state index in [1.165, 1.54) is 12.1 Å². The van der Waals surface area contributed by atoms with E-state index in [4.69, 9.17) is 5.73 Å². The van der Waals surface area contributed by atoms with Crippen molar-refractivity contribution in [1.82, 2.24) is 4.90 Å². The fourth-order valence-corrected chi connectivity index (χ4v) is 2.36. The van der Waals surface area contributed by atoms with E-state index < -0.39 is 12.1 Å². The van der Waals surface area contributed by atoms with Crippen molar-refractivity contribution in [2.75, 3.05) is 18.8 Å². The molecule has 4 nitrogen and oxygen atoms in total. The lowest BCUT2D eigenvalue weighted by atomic mass is 10.1. The molecule has 1 aromatic rings. The van der Waals surface area contributed by atoms with Gasteiger partial charge in [-0.15, -0.1) is 13.2 Å². The van der Waals surface area contributed by atoms with Crippen LogP contribution in [0.5, 0.6) is 5.75 Å². The van der Waals surface area contributed by atoms with Crippen molar-refractivity contribution < 1.29 is 22.7 Å². The Morgan fingerprint density at radius 1 is 1.14 bits per heavy atom. The van der Waals surface area contributed by atoms with E-state index in [-0.39, 0.29) is 17.2 Å². The van der Waals surface area contributed by atoms with Crippen molar-refractivity contribution in [3.63, 3.8) is 0 Å². The molecule has 0 unspecified atom stereocenters. The second kappa shape index (κ2) is 6.24. The predicted molar refractivity (Wildman–Crippen MR) is 71.9 cm³/mol. The van der Waals surface area contributed by atoms with E-state index >= 15 is 0 Å². The van der Waals surface area contributed by atoms with Crippen molar-refractivity contribution in [2.24, 2.45) is 0 Å². The molecule has 2 rings (SSSR count). The lowest BCUT2D eigenvalue weighted by molar-refractivity contribution is -0.274. The number of carbonyl (C=O) groups is 1. The first kappa shape index (κ1) is 15.5. The first-order valence-electron chi connectivity index (χ1n) is 6.81. The summed E-state index contributed by atoms with van der Waals surface area (Å²) in [6.45, 7) is 1.33. The number of alkyl halides is 3. The molecule has 2 N–H and O–H groups in total. The van der Waals surface area contributed by atoms with Gasteiger partial charge in [0.05, 0.1) is 5.69 Å². The Kier molecular flexibility index (Phi) is 4.59. The summed E-state index contributed by atoms with van der Waals surface area (Å²) in [5.74, 6) is -0.697. The maximum atomic E-state index is 12.3. The van der Waals surface area contributed by atoms with Gasteiger partial charge < -0.3 is 15.4 Å². The van der Waals surface area contributed by atoms with Gasteiger partial charge in [-0.3, -0.25) is 4.79 Å². The molecule has 21 heavy (non-hydrogen) atoms. The Hall–Kier alpha value is -1.92. The highest BCUT2D eigenvalue weighted by molar-refractivity contribution is 5.95. The normalized spacial score (nSPS) is 16.4. The van der Waals surface area contributed by atoms with Gasteiger partial charge in [0.1, 0.15) is 0 Å².